The number of nitrogens with zero attached hydrogens (tertiary/aromatic N) is 1. The van der Waals surface area contributed by atoms with Crippen molar-refractivity contribution in [2.75, 3.05) is 7.11 Å². The molecule has 1 atom stereocenters. The number of methoxy groups -OCH3 is 1. The van der Waals surface area contributed by atoms with Gasteiger partial charge < -0.3 is 15.2 Å². The number of carbonyl (C=O) groups excluding carboxylic acids is 1. The molecule has 0 radical (unpaired) electrons. The second-order valence-corrected chi connectivity index (χ2v) is 8.14. The molecule has 0 spiro atoms. The van der Waals surface area contributed by atoms with Crippen molar-refractivity contribution in [1.82, 2.24) is 10.3 Å². The molecule has 0 aliphatic rings. The van der Waals surface area contributed by atoms with Gasteiger partial charge in [-0.25, -0.2) is 9.78 Å². The second-order valence-electron chi connectivity index (χ2n) is 8.14. The molecule has 1 amide bonds. The van der Waals surface area contributed by atoms with E-state index in [0.29, 0.717) is 39.0 Å². The number of fused-ring (bicyclic) bond motifs is 1. The lowest BCUT2D eigenvalue weighted by molar-refractivity contribution is -0.137. The number of carboxylic acid groups (broad SMARTS) is 1. The van der Waals surface area contributed by atoms with Crippen LogP contribution < -0.4 is 10.1 Å². The zero-order valence-corrected chi connectivity index (χ0v) is 19.3. The van der Waals surface area contributed by atoms with Gasteiger partial charge in [0.25, 0.3) is 5.91 Å². The molecule has 0 saturated carbocycles. The van der Waals surface area contributed by atoms with Crippen LogP contribution in [0.25, 0.3) is 22.2 Å². The molecule has 4 rings (SSSR count). The highest BCUT2D eigenvalue weighted by molar-refractivity contribution is 5.99. The van der Waals surface area contributed by atoms with E-state index in [2.05, 4.69) is 10.3 Å². The van der Waals surface area contributed by atoms with Gasteiger partial charge in [0.05, 0.1) is 35.5 Å². The van der Waals surface area contributed by atoms with E-state index in [9.17, 15) is 27.9 Å². The number of benzene rings is 3. The predicted molar refractivity (Wildman–Crippen MR) is 128 cm³/mol. The van der Waals surface area contributed by atoms with Crippen LogP contribution in [0.15, 0.2) is 72.8 Å². The van der Waals surface area contributed by atoms with Crippen LogP contribution in [-0.2, 0) is 6.18 Å². The Balaban J connectivity index is 1.64. The summed E-state index contributed by atoms with van der Waals surface area (Å²) in [4.78, 5) is 28.7. The fourth-order valence-electron chi connectivity index (χ4n) is 3.79. The third-order valence-corrected chi connectivity index (χ3v) is 5.74. The Kier molecular flexibility index (Phi) is 6.65. The number of hydrogen-bond acceptors (Lipinski definition) is 4. The number of nitrogens with one attached hydrogen (secondary N) is 1. The Hall–Kier alpha value is -4.40. The third kappa shape index (κ3) is 5.14. The van der Waals surface area contributed by atoms with Gasteiger partial charge in [-0.15, -0.1) is 0 Å². The molecule has 1 aromatic heterocycles. The van der Waals surface area contributed by atoms with Gasteiger partial charge in [0, 0.05) is 22.6 Å². The number of amides is 1. The number of carboxylic acids is 1. The molecule has 36 heavy (non-hydrogen) atoms. The van der Waals surface area contributed by atoms with E-state index in [4.69, 9.17) is 4.74 Å². The summed E-state index contributed by atoms with van der Waals surface area (Å²) in [5, 5.41) is 12.7. The van der Waals surface area contributed by atoms with Crippen LogP contribution >= 0.6 is 0 Å². The quantitative estimate of drug-likeness (QED) is 0.337. The summed E-state index contributed by atoms with van der Waals surface area (Å²) >= 11 is 0. The molecule has 3 aromatic carbocycles. The maximum absolute atomic E-state index is 12.9. The number of ether oxygens (including phenoxy) is 1. The molecule has 0 aliphatic heterocycles. The first-order chi connectivity index (χ1) is 17.1. The summed E-state index contributed by atoms with van der Waals surface area (Å²) in [6, 6.07) is 17.0. The average Bonchev–Trinajstić information content (AvgIpc) is 2.87. The maximum Gasteiger partial charge on any atom is 0.416 e. The van der Waals surface area contributed by atoms with Crippen molar-refractivity contribution in [3.63, 3.8) is 0 Å². The Morgan fingerprint density at radius 1 is 0.972 bits per heavy atom. The highest BCUT2D eigenvalue weighted by atomic mass is 19.4. The summed E-state index contributed by atoms with van der Waals surface area (Å²) in [5.41, 5.74) is 1.58. The largest absolute Gasteiger partial charge is 0.496 e. The van der Waals surface area contributed by atoms with Gasteiger partial charge in [0.15, 0.2) is 0 Å². The van der Waals surface area contributed by atoms with Crippen molar-refractivity contribution in [3.05, 3.63) is 95.1 Å². The van der Waals surface area contributed by atoms with Crippen molar-refractivity contribution in [3.8, 4) is 17.0 Å². The molecule has 0 aliphatic carbocycles. The summed E-state index contributed by atoms with van der Waals surface area (Å²) in [7, 11) is 1.47. The number of rotatable bonds is 6. The van der Waals surface area contributed by atoms with Crippen LogP contribution in [0.2, 0.25) is 0 Å². The van der Waals surface area contributed by atoms with Gasteiger partial charge in [-0.05, 0) is 55.0 Å². The number of aromatic carboxylic acids is 1. The van der Waals surface area contributed by atoms with Gasteiger partial charge in [-0.3, -0.25) is 4.79 Å². The fourth-order valence-corrected chi connectivity index (χ4v) is 3.79. The van der Waals surface area contributed by atoms with E-state index in [1.54, 1.807) is 43.3 Å². The van der Waals surface area contributed by atoms with Crippen LogP contribution in [-0.4, -0.2) is 29.1 Å². The van der Waals surface area contributed by atoms with E-state index >= 15 is 0 Å². The molecular formula is C27H21F3N2O4. The van der Waals surface area contributed by atoms with Gasteiger partial charge in [-0.1, -0.05) is 24.3 Å². The Labute approximate surface area is 204 Å². The maximum atomic E-state index is 12.9. The van der Waals surface area contributed by atoms with Crippen molar-refractivity contribution in [1.29, 1.82) is 0 Å². The van der Waals surface area contributed by atoms with Gasteiger partial charge >= 0.3 is 12.1 Å². The Bertz CT molecular complexity index is 1450. The summed E-state index contributed by atoms with van der Waals surface area (Å²) in [6.07, 6.45) is -4.44. The number of aromatic nitrogens is 1. The summed E-state index contributed by atoms with van der Waals surface area (Å²) < 4.78 is 44.2. The predicted octanol–water partition coefficient (Wildman–Crippen LogP) is 6.12. The van der Waals surface area contributed by atoms with E-state index in [1.165, 1.54) is 31.4 Å². The molecule has 0 bridgehead atoms. The van der Waals surface area contributed by atoms with Gasteiger partial charge in [0.1, 0.15) is 5.75 Å². The second kappa shape index (κ2) is 9.69. The number of hydrogen-bond donors (Lipinski definition) is 2. The van der Waals surface area contributed by atoms with Crippen LogP contribution in [0.3, 0.4) is 0 Å². The van der Waals surface area contributed by atoms with Crippen LogP contribution in [0, 0.1) is 0 Å². The van der Waals surface area contributed by atoms with Crippen LogP contribution in [0.4, 0.5) is 13.2 Å². The lowest BCUT2D eigenvalue weighted by Gasteiger charge is -2.16. The minimum atomic E-state index is -4.44. The summed E-state index contributed by atoms with van der Waals surface area (Å²) in [5.74, 6) is -1.000. The van der Waals surface area contributed by atoms with E-state index in [1.807, 2.05) is 0 Å². The molecular weight excluding hydrogens is 473 g/mol. The monoisotopic (exact) mass is 494 g/mol. The first kappa shape index (κ1) is 24.7. The van der Waals surface area contributed by atoms with Crippen LogP contribution in [0.1, 0.15) is 44.8 Å². The normalized spacial score (nSPS) is 12.2. The SMILES string of the molecule is COc1cc(-c2ccc(C(F)(F)F)cc2)nc2cc(C(=O)N[C@@H](C)c3cccc(C(=O)O)c3)ccc12. The van der Waals surface area contributed by atoms with Crippen molar-refractivity contribution >= 4 is 22.8 Å². The van der Waals surface area contributed by atoms with Crippen molar-refractivity contribution < 1.29 is 32.6 Å². The number of alkyl halides is 3. The zero-order chi connectivity index (χ0) is 26.0. The van der Waals surface area contributed by atoms with E-state index in [-0.39, 0.29) is 5.56 Å². The van der Waals surface area contributed by atoms with Crippen LogP contribution in [0.5, 0.6) is 5.75 Å². The topological polar surface area (TPSA) is 88.5 Å². The average molecular weight is 494 g/mol. The van der Waals surface area contributed by atoms with Crippen molar-refractivity contribution in [2.45, 2.75) is 19.1 Å². The highest BCUT2D eigenvalue weighted by Crippen LogP contribution is 2.33. The molecule has 6 nitrogen and oxygen atoms in total. The zero-order valence-electron chi connectivity index (χ0n) is 19.3. The van der Waals surface area contributed by atoms with Gasteiger partial charge in [-0.2, -0.15) is 13.2 Å². The fraction of sp³-hybridized carbons (Fsp3) is 0.148. The lowest BCUT2D eigenvalue weighted by Crippen LogP contribution is -2.26. The Morgan fingerprint density at radius 2 is 1.69 bits per heavy atom. The van der Waals surface area contributed by atoms with E-state index in [0.717, 1.165) is 12.1 Å². The molecule has 9 heteroatoms. The standard InChI is InChI=1S/C27H21F3N2O4/c1-15(17-4-3-5-19(12-17)26(34)35)31-25(33)18-8-11-21-23(13-18)32-22(14-24(21)36-2)16-6-9-20(10-7-16)27(28,29)30/h3-15H,1-2H3,(H,31,33)(H,34,35)/t15-/m0/s1. The highest BCUT2D eigenvalue weighted by Gasteiger charge is 2.30. The lowest BCUT2D eigenvalue weighted by atomic mass is 10.0. The molecule has 0 unspecified atom stereocenters. The molecule has 0 fully saturated rings. The molecule has 0 saturated heterocycles. The van der Waals surface area contributed by atoms with E-state index < -0.39 is 29.7 Å². The number of pyridine rings is 1. The number of halogens is 3. The molecule has 184 valence electrons. The smallest absolute Gasteiger partial charge is 0.416 e. The third-order valence-electron chi connectivity index (χ3n) is 5.74. The molecule has 2 N–H and O–H groups in total. The molecule has 4 aromatic rings. The Morgan fingerprint density at radius 3 is 2.33 bits per heavy atom. The first-order valence-electron chi connectivity index (χ1n) is 10.9. The minimum absolute atomic E-state index is 0.117. The first-order valence-corrected chi connectivity index (χ1v) is 10.9. The molecule has 1 heterocycles. The number of carbonyl (C=O) groups is 2. The van der Waals surface area contributed by atoms with Gasteiger partial charge in [0.2, 0.25) is 0 Å². The summed E-state index contributed by atoms with van der Waals surface area (Å²) in [6.45, 7) is 1.74. The minimum Gasteiger partial charge on any atom is -0.496 e. The van der Waals surface area contributed by atoms with Crippen molar-refractivity contribution in [2.24, 2.45) is 0 Å².